The predicted molar refractivity (Wildman–Crippen MR) is 103 cm³/mol. The molecule has 29 heavy (non-hydrogen) atoms. The smallest absolute Gasteiger partial charge is 0.235 e. The van der Waals surface area contributed by atoms with Crippen molar-refractivity contribution in [2.75, 3.05) is 4.72 Å². The number of pyridine rings is 1. The number of anilines is 1. The molecule has 0 aliphatic rings. The standard InChI is InChI=1S/C19H16F2N4O3S/c1-3-10(2)29(27,28)25-14-5-4-13(20)16(17(14)21)18(26)12-9-24-19-15(12)11(8-22)6-7-23-19/h4-7,9-10,25H,3H2,1-2H3,(H,23,24). The summed E-state index contributed by atoms with van der Waals surface area (Å²) in [6.07, 6.45) is 2.84. The van der Waals surface area contributed by atoms with Crippen molar-refractivity contribution in [2.45, 2.75) is 25.5 Å². The van der Waals surface area contributed by atoms with Gasteiger partial charge >= 0.3 is 0 Å². The number of nitrogens with one attached hydrogen (secondary N) is 2. The molecule has 1 atom stereocenters. The number of hydrogen-bond donors (Lipinski definition) is 2. The number of fused-ring (bicyclic) bond motifs is 1. The van der Waals surface area contributed by atoms with Crippen LogP contribution < -0.4 is 4.72 Å². The number of carbonyl (C=O) groups is 1. The average Bonchev–Trinajstić information content (AvgIpc) is 3.13. The van der Waals surface area contributed by atoms with E-state index in [2.05, 4.69) is 14.7 Å². The molecule has 0 saturated carbocycles. The monoisotopic (exact) mass is 418 g/mol. The molecule has 1 unspecified atom stereocenters. The Labute approximate surface area is 165 Å². The second kappa shape index (κ2) is 7.60. The Morgan fingerprint density at radius 1 is 1.34 bits per heavy atom. The van der Waals surface area contributed by atoms with Gasteiger partial charge in [0.1, 0.15) is 11.5 Å². The number of ketones is 1. The molecule has 1 aromatic carbocycles. The lowest BCUT2D eigenvalue weighted by molar-refractivity contribution is 0.103. The third-order valence-corrected chi connectivity index (χ3v) is 6.51. The first-order valence-electron chi connectivity index (χ1n) is 8.61. The van der Waals surface area contributed by atoms with Crippen LogP contribution in [0.15, 0.2) is 30.6 Å². The fourth-order valence-corrected chi connectivity index (χ4v) is 3.88. The summed E-state index contributed by atoms with van der Waals surface area (Å²) in [6, 6.07) is 5.00. The third-order valence-electron chi connectivity index (χ3n) is 4.61. The van der Waals surface area contributed by atoms with Crippen molar-refractivity contribution in [2.24, 2.45) is 0 Å². The number of aromatic nitrogens is 2. The number of rotatable bonds is 6. The first-order chi connectivity index (χ1) is 13.7. The summed E-state index contributed by atoms with van der Waals surface area (Å²) in [7, 11) is -3.92. The summed E-state index contributed by atoms with van der Waals surface area (Å²) >= 11 is 0. The SMILES string of the molecule is CCC(C)S(=O)(=O)Nc1ccc(F)c(C(=O)c2c[nH]c3nccc(C#N)c23)c1F. The second-order valence-electron chi connectivity index (χ2n) is 6.38. The molecule has 3 aromatic rings. The van der Waals surface area contributed by atoms with Crippen molar-refractivity contribution in [1.29, 1.82) is 5.26 Å². The Balaban J connectivity index is 2.13. The van der Waals surface area contributed by atoms with E-state index >= 15 is 0 Å². The van der Waals surface area contributed by atoms with Crippen LogP contribution in [-0.2, 0) is 10.0 Å². The zero-order valence-corrected chi connectivity index (χ0v) is 16.3. The van der Waals surface area contributed by atoms with Gasteiger partial charge in [-0.15, -0.1) is 0 Å². The van der Waals surface area contributed by atoms with Crippen LogP contribution >= 0.6 is 0 Å². The van der Waals surface area contributed by atoms with Gasteiger partial charge in [-0.2, -0.15) is 5.26 Å². The number of benzene rings is 1. The summed E-state index contributed by atoms with van der Waals surface area (Å²) in [5, 5.41) is 8.57. The van der Waals surface area contributed by atoms with Crippen LogP contribution in [0.4, 0.5) is 14.5 Å². The van der Waals surface area contributed by atoms with E-state index in [1.54, 1.807) is 6.92 Å². The maximum atomic E-state index is 15.0. The van der Waals surface area contributed by atoms with E-state index in [0.29, 0.717) is 0 Å². The first-order valence-corrected chi connectivity index (χ1v) is 10.2. The summed E-state index contributed by atoms with van der Waals surface area (Å²) in [5.41, 5.74) is -1.29. The van der Waals surface area contributed by atoms with Gasteiger partial charge in [0.2, 0.25) is 15.8 Å². The number of nitriles is 1. The van der Waals surface area contributed by atoms with E-state index in [1.165, 1.54) is 25.4 Å². The number of aromatic amines is 1. The largest absolute Gasteiger partial charge is 0.345 e. The van der Waals surface area contributed by atoms with Crippen LogP contribution in [-0.4, -0.2) is 29.4 Å². The van der Waals surface area contributed by atoms with Gasteiger partial charge in [-0.25, -0.2) is 22.2 Å². The number of halogens is 2. The number of hydrogen-bond acceptors (Lipinski definition) is 5. The lowest BCUT2D eigenvalue weighted by Crippen LogP contribution is -2.25. The molecule has 0 fully saturated rings. The number of sulfonamides is 1. The number of carbonyl (C=O) groups excluding carboxylic acids is 1. The minimum Gasteiger partial charge on any atom is -0.345 e. The van der Waals surface area contributed by atoms with E-state index in [4.69, 9.17) is 0 Å². The van der Waals surface area contributed by atoms with E-state index in [9.17, 15) is 27.3 Å². The highest BCUT2D eigenvalue weighted by molar-refractivity contribution is 7.93. The van der Waals surface area contributed by atoms with Crippen molar-refractivity contribution in [3.05, 3.63) is 58.9 Å². The third kappa shape index (κ3) is 3.56. The van der Waals surface area contributed by atoms with Crippen LogP contribution in [0.5, 0.6) is 0 Å². The van der Waals surface area contributed by atoms with Crippen LogP contribution in [0, 0.1) is 23.0 Å². The molecule has 3 rings (SSSR count). The van der Waals surface area contributed by atoms with Crippen molar-refractivity contribution in [1.82, 2.24) is 9.97 Å². The molecule has 150 valence electrons. The van der Waals surface area contributed by atoms with Gasteiger partial charge in [-0.05, 0) is 31.5 Å². The molecule has 2 aromatic heterocycles. The lowest BCUT2D eigenvalue weighted by Gasteiger charge is -2.15. The van der Waals surface area contributed by atoms with Gasteiger partial charge in [-0.3, -0.25) is 9.52 Å². The minimum absolute atomic E-state index is 0.106. The number of nitrogens with zero attached hydrogens (tertiary/aromatic N) is 2. The van der Waals surface area contributed by atoms with Crippen LogP contribution in [0.25, 0.3) is 11.0 Å². The molecular formula is C19H16F2N4O3S. The Hall–Kier alpha value is -3.32. The normalized spacial score (nSPS) is 12.5. The topological polar surface area (TPSA) is 116 Å². The molecule has 10 heteroatoms. The van der Waals surface area contributed by atoms with Gasteiger partial charge in [0.15, 0.2) is 5.82 Å². The van der Waals surface area contributed by atoms with Gasteiger partial charge in [0, 0.05) is 17.8 Å². The zero-order valence-electron chi connectivity index (χ0n) is 15.5. The van der Waals surface area contributed by atoms with Gasteiger partial charge in [0.25, 0.3) is 0 Å². The highest BCUT2D eigenvalue weighted by Gasteiger charge is 2.27. The summed E-state index contributed by atoms with van der Waals surface area (Å²) in [6.45, 7) is 3.09. The molecule has 0 aliphatic heterocycles. The Bertz CT molecular complexity index is 1260. The number of H-pyrrole nitrogens is 1. The van der Waals surface area contributed by atoms with E-state index < -0.39 is 43.9 Å². The molecule has 0 saturated heterocycles. The first kappa shape index (κ1) is 20.4. The highest BCUT2D eigenvalue weighted by Crippen LogP contribution is 2.29. The molecule has 2 heterocycles. The molecule has 0 amide bonds. The predicted octanol–water partition coefficient (Wildman–Crippen LogP) is 3.48. The maximum absolute atomic E-state index is 15.0. The molecule has 0 aliphatic carbocycles. The van der Waals surface area contributed by atoms with Crippen LogP contribution in [0.3, 0.4) is 0 Å². The summed E-state index contributed by atoms with van der Waals surface area (Å²) in [5.74, 6) is -3.53. The Kier molecular flexibility index (Phi) is 5.35. The van der Waals surface area contributed by atoms with Gasteiger partial charge < -0.3 is 4.98 Å². The van der Waals surface area contributed by atoms with E-state index in [0.717, 1.165) is 12.1 Å². The zero-order chi connectivity index (χ0) is 21.3. The molecule has 0 spiro atoms. The second-order valence-corrected chi connectivity index (χ2v) is 8.47. The highest BCUT2D eigenvalue weighted by atomic mass is 32.2. The van der Waals surface area contributed by atoms with E-state index in [-0.39, 0.29) is 28.6 Å². The Morgan fingerprint density at radius 2 is 2.07 bits per heavy atom. The quantitative estimate of drug-likeness (QED) is 0.595. The van der Waals surface area contributed by atoms with Crippen molar-refractivity contribution >= 4 is 32.5 Å². The fraction of sp³-hybridized carbons (Fsp3) is 0.211. The fourth-order valence-electron chi connectivity index (χ4n) is 2.78. The average molecular weight is 418 g/mol. The van der Waals surface area contributed by atoms with Gasteiger partial charge in [-0.1, -0.05) is 6.92 Å². The van der Waals surface area contributed by atoms with Crippen LogP contribution in [0.2, 0.25) is 0 Å². The molecular weight excluding hydrogens is 402 g/mol. The molecule has 7 nitrogen and oxygen atoms in total. The van der Waals surface area contributed by atoms with Crippen molar-refractivity contribution in [3.8, 4) is 6.07 Å². The maximum Gasteiger partial charge on any atom is 0.235 e. The molecule has 0 bridgehead atoms. The molecule has 2 N–H and O–H groups in total. The Morgan fingerprint density at radius 3 is 2.72 bits per heavy atom. The minimum atomic E-state index is -3.92. The summed E-state index contributed by atoms with van der Waals surface area (Å²) < 4.78 is 55.9. The lowest BCUT2D eigenvalue weighted by atomic mass is 10.00. The van der Waals surface area contributed by atoms with E-state index in [1.807, 2.05) is 6.07 Å². The van der Waals surface area contributed by atoms with Crippen molar-refractivity contribution < 1.29 is 22.0 Å². The van der Waals surface area contributed by atoms with Crippen LogP contribution in [0.1, 0.15) is 41.8 Å². The van der Waals surface area contributed by atoms with Gasteiger partial charge in [0.05, 0.1) is 33.7 Å². The summed E-state index contributed by atoms with van der Waals surface area (Å²) in [4.78, 5) is 19.6. The van der Waals surface area contributed by atoms with Crippen molar-refractivity contribution in [3.63, 3.8) is 0 Å². The molecule has 0 radical (unpaired) electrons.